The number of benzene rings is 2. The van der Waals surface area contributed by atoms with Crippen molar-refractivity contribution in [1.29, 1.82) is 0 Å². The number of carbonyl (C=O) groups excluding carboxylic acids is 2. The number of anilines is 1. The zero-order valence-corrected chi connectivity index (χ0v) is 40.5. The van der Waals surface area contributed by atoms with E-state index in [1.165, 1.54) is 27.0 Å². The molecule has 6 aromatic rings. The summed E-state index contributed by atoms with van der Waals surface area (Å²) < 4.78 is 88.0. The number of rotatable bonds is 17. The fraction of sp³-hybridized carbons (Fsp3) is 0.333. The van der Waals surface area contributed by atoms with Gasteiger partial charge < -0.3 is 23.5 Å². The number of alkyl halides is 4. The molecule has 0 radical (unpaired) electrons. The molecule has 0 spiro atoms. The molecule has 2 aliphatic heterocycles. The molecule has 27 heteroatoms. The van der Waals surface area contributed by atoms with E-state index in [-0.39, 0.29) is 36.3 Å². The van der Waals surface area contributed by atoms with Crippen molar-refractivity contribution >= 4 is 62.3 Å². The van der Waals surface area contributed by atoms with Gasteiger partial charge in [0.05, 0.1) is 33.2 Å². The van der Waals surface area contributed by atoms with Crippen LogP contribution < -0.4 is 9.50 Å². The van der Waals surface area contributed by atoms with Gasteiger partial charge in [0.1, 0.15) is 36.1 Å². The monoisotopic (exact) mass is 1050 g/mol. The van der Waals surface area contributed by atoms with Crippen molar-refractivity contribution in [1.82, 2.24) is 44.9 Å². The maximum Gasteiger partial charge on any atom is 0.412 e. The lowest BCUT2D eigenvalue weighted by Crippen LogP contribution is -2.40. The Morgan fingerprint density at radius 3 is 2.50 bits per heavy atom. The van der Waals surface area contributed by atoms with Gasteiger partial charge in [-0.25, -0.2) is 37.0 Å². The lowest BCUT2D eigenvalue weighted by Gasteiger charge is -2.31. The SMILES string of the molecule is C#CCCOC(=O)Nc1cccc(CO/N=C(/c2ccccc2)c2nnnn2C)n1.CS(=O)(=O)Oc1cccc(Cl)c1C1CC(c2csc(C3CCN(C(=O)Cn4nc(C(F)F)cc4C(F)F)CC3)n2)=NO1. The van der Waals surface area contributed by atoms with Gasteiger partial charge >= 0.3 is 16.2 Å². The maximum atomic E-state index is 13.3. The lowest BCUT2D eigenvalue weighted by molar-refractivity contribution is -0.133. The molecule has 1 fully saturated rings. The molecule has 2 aromatic carbocycles. The number of aryl methyl sites for hydroxylation is 1. The number of oxime groups is 2. The molecule has 4 aromatic heterocycles. The molecule has 1 unspecified atom stereocenters. The minimum absolute atomic E-state index is 0.0385. The summed E-state index contributed by atoms with van der Waals surface area (Å²) in [5.41, 5.74) is 1.83. The normalized spacial score (nSPS) is 15.1. The molecule has 378 valence electrons. The number of ether oxygens (including phenoxy) is 1. The molecule has 20 nitrogen and oxygen atoms in total. The average Bonchev–Trinajstić information content (AvgIpc) is 4.19. The molecule has 2 aliphatic rings. The second kappa shape index (κ2) is 24.1. The summed E-state index contributed by atoms with van der Waals surface area (Å²) in [4.78, 5) is 46.1. The molecule has 0 aliphatic carbocycles. The van der Waals surface area contributed by atoms with E-state index < -0.39 is 59.0 Å². The lowest BCUT2D eigenvalue weighted by atomic mass is 9.97. The summed E-state index contributed by atoms with van der Waals surface area (Å²) in [6.45, 7) is 0.338. The van der Waals surface area contributed by atoms with Crippen LogP contribution in [0.1, 0.15) is 95.3 Å². The van der Waals surface area contributed by atoms with E-state index in [1.54, 1.807) is 37.4 Å². The number of nitrogens with zero attached hydrogens (tertiary/aromatic N) is 11. The fourth-order valence-corrected chi connectivity index (χ4v) is 8.97. The highest BCUT2D eigenvalue weighted by molar-refractivity contribution is 7.86. The third-order valence-electron chi connectivity index (χ3n) is 10.6. The van der Waals surface area contributed by atoms with E-state index in [0.717, 1.165) is 16.8 Å². The van der Waals surface area contributed by atoms with Crippen molar-refractivity contribution in [2.45, 2.75) is 63.7 Å². The zero-order chi connectivity index (χ0) is 51.4. The molecule has 1 atom stereocenters. The van der Waals surface area contributed by atoms with E-state index in [9.17, 15) is 35.6 Å². The Kier molecular flexibility index (Phi) is 17.5. The van der Waals surface area contributed by atoms with Crippen LogP contribution in [0.25, 0.3) is 0 Å². The molecule has 2 amide bonds. The Bertz CT molecular complexity index is 3070. The van der Waals surface area contributed by atoms with Crippen LogP contribution in [0.3, 0.4) is 0 Å². The number of halogens is 5. The Morgan fingerprint density at radius 2 is 1.81 bits per heavy atom. The Hall–Kier alpha value is -7.50. The van der Waals surface area contributed by atoms with Crippen molar-refractivity contribution in [3.63, 3.8) is 0 Å². The average molecular weight is 1060 g/mol. The Balaban J connectivity index is 0.000000224. The van der Waals surface area contributed by atoms with Crippen LogP contribution in [-0.4, -0.2) is 103 Å². The van der Waals surface area contributed by atoms with Gasteiger partial charge in [0.25, 0.3) is 12.9 Å². The largest absolute Gasteiger partial charge is 0.448 e. The first kappa shape index (κ1) is 52.3. The molecular formula is C45H43ClF4N12O8S2. The smallest absolute Gasteiger partial charge is 0.412 e. The number of amides is 2. The summed E-state index contributed by atoms with van der Waals surface area (Å²) in [5, 5.41) is 28.8. The summed E-state index contributed by atoms with van der Waals surface area (Å²) in [5.74, 6) is 2.78. The van der Waals surface area contributed by atoms with Crippen molar-refractivity contribution in [2.75, 3.05) is 31.3 Å². The topological polar surface area (TPSA) is 232 Å². The standard InChI is InChI=1S/C25H24ClF4N5O5S2.C20H19N7O3/c1-42(37,38)40-19-4-2-3-14(26)22(19)20-10-15(33-39-20)17-12-41-25(31-17)13-5-7-34(8-6-13)21(36)11-35-18(24(29)30)9-16(32-35)23(27)28;1-3-4-13-29-20(28)22-17-12-8-11-16(21-17)14-30-24-18(15-9-6-5-7-10-15)19-23-25-26-27(19)2/h2-4,9,12-13,20,23-24H,5-8,10-11H2,1H3;1,5-12H,4,13-14H2,2H3,(H,21,22,28)/b;24-18-. The highest BCUT2D eigenvalue weighted by Gasteiger charge is 2.33. The van der Waals surface area contributed by atoms with Gasteiger partial charge in [0, 0.05) is 49.8 Å². The van der Waals surface area contributed by atoms with Crippen LogP contribution in [-0.2, 0) is 49.5 Å². The number of hydrogen-bond acceptors (Lipinski definition) is 17. The van der Waals surface area contributed by atoms with Crippen molar-refractivity contribution in [3.8, 4) is 18.1 Å². The van der Waals surface area contributed by atoms with Crippen LogP contribution in [0.15, 0.2) is 88.5 Å². The zero-order valence-electron chi connectivity index (χ0n) is 38.1. The maximum absolute atomic E-state index is 13.3. The van der Waals surface area contributed by atoms with Crippen LogP contribution in [0.5, 0.6) is 5.75 Å². The number of nitrogens with one attached hydrogen (secondary N) is 1. The van der Waals surface area contributed by atoms with Crippen LogP contribution in [0, 0.1) is 12.3 Å². The summed E-state index contributed by atoms with van der Waals surface area (Å²) >= 11 is 7.76. The van der Waals surface area contributed by atoms with Gasteiger partial charge in [0.15, 0.2) is 24.2 Å². The first-order chi connectivity index (χ1) is 34.6. The number of tetrazole rings is 1. The molecule has 8 rings (SSSR count). The number of aromatic nitrogens is 8. The first-order valence-corrected chi connectivity index (χ1v) is 24.7. The Labute approximate surface area is 418 Å². The first-order valence-electron chi connectivity index (χ1n) is 21.7. The molecule has 72 heavy (non-hydrogen) atoms. The van der Waals surface area contributed by atoms with Gasteiger partial charge in [-0.1, -0.05) is 64.4 Å². The predicted octanol–water partition coefficient (Wildman–Crippen LogP) is 7.62. The van der Waals surface area contributed by atoms with Gasteiger partial charge in [-0.3, -0.25) is 14.8 Å². The molecule has 6 heterocycles. The Morgan fingerprint density at radius 1 is 1.04 bits per heavy atom. The third kappa shape index (κ3) is 13.9. The van der Waals surface area contributed by atoms with E-state index in [4.69, 9.17) is 41.6 Å². The number of carbonyl (C=O) groups is 2. The number of pyridine rings is 1. The predicted molar refractivity (Wildman–Crippen MR) is 253 cm³/mol. The highest BCUT2D eigenvalue weighted by atomic mass is 35.5. The second-order valence-corrected chi connectivity index (χ2v) is 18.6. The summed E-state index contributed by atoms with van der Waals surface area (Å²) in [6, 6.07) is 19.8. The molecule has 0 saturated carbocycles. The quantitative estimate of drug-likeness (QED) is 0.0231. The molecule has 1 saturated heterocycles. The van der Waals surface area contributed by atoms with Crippen LogP contribution in [0.2, 0.25) is 5.02 Å². The molecular weight excluding hydrogens is 1010 g/mol. The summed E-state index contributed by atoms with van der Waals surface area (Å²) in [7, 11) is -2.09. The van der Waals surface area contributed by atoms with E-state index in [2.05, 4.69) is 47.2 Å². The van der Waals surface area contributed by atoms with Crippen LogP contribution >= 0.6 is 22.9 Å². The number of piperidine rings is 1. The number of terminal acetylenes is 1. The minimum atomic E-state index is -3.80. The minimum Gasteiger partial charge on any atom is -0.448 e. The summed E-state index contributed by atoms with van der Waals surface area (Å²) in [6.07, 6.45) is 0.442. The van der Waals surface area contributed by atoms with E-state index >= 15 is 0 Å². The van der Waals surface area contributed by atoms with Crippen molar-refractivity contribution < 1.29 is 54.2 Å². The van der Waals surface area contributed by atoms with E-state index in [1.807, 2.05) is 35.7 Å². The number of likely N-dealkylation sites (tertiary alicyclic amines) is 1. The number of thiazole rings is 1. The number of hydrogen-bond donors (Lipinski definition) is 1. The highest BCUT2D eigenvalue weighted by Crippen LogP contribution is 2.41. The van der Waals surface area contributed by atoms with Gasteiger partial charge in [-0.15, -0.1) is 28.8 Å². The fourth-order valence-electron chi connectivity index (χ4n) is 7.21. The third-order valence-corrected chi connectivity index (χ3v) is 12.4. The molecule has 1 N–H and O–H groups in total. The van der Waals surface area contributed by atoms with Gasteiger partial charge in [-0.05, 0) is 53.6 Å². The van der Waals surface area contributed by atoms with Crippen molar-refractivity contribution in [2.24, 2.45) is 17.4 Å². The van der Waals surface area contributed by atoms with E-state index in [0.29, 0.717) is 83.1 Å². The van der Waals surface area contributed by atoms with Crippen molar-refractivity contribution in [3.05, 3.63) is 128 Å². The van der Waals surface area contributed by atoms with Gasteiger partial charge in [-0.2, -0.15) is 13.5 Å². The van der Waals surface area contributed by atoms with Gasteiger partial charge in [0.2, 0.25) is 11.7 Å². The van der Waals surface area contributed by atoms with Crippen LogP contribution in [0.4, 0.5) is 28.2 Å². The molecule has 0 bridgehead atoms. The second-order valence-electron chi connectivity index (χ2n) is 15.7.